The molecule has 0 bridgehead atoms. The minimum atomic E-state index is -3.44. The summed E-state index contributed by atoms with van der Waals surface area (Å²) in [5.74, 6) is 0. The van der Waals surface area contributed by atoms with Gasteiger partial charge in [-0.05, 0) is 32.9 Å². The van der Waals surface area contributed by atoms with Gasteiger partial charge in [-0.3, -0.25) is 0 Å². The summed E-state index contributed by atoms with van der Waals surface area (Å²) >= 11 is 0. The molecule has 0 saturated carbocycles. The maximum Gasteiger partial charge on any atom is 0.258 e. The van der Waals surface area contributed by atoms with Gasteiger partial charge in [0.2, 0.25) is 0 Å². The topological polar surface area (TPSA) is 59.1 Å². The van der Waals surface area contributed by atoms with Gasteiger partial charge in [0.25, 0.3) is 10.0 Å². The average Bonchev–Trinajstić information content (AvgIpc) is 2.01. The quantitative estimate of drug-likeness (QED) is 0.819. The number of aromatic nitrogens is 1. The van der Waals surface area contributed by atoms with Crippen LogP contribution in [0.25, 0.3) is 0 Å². The van der Waals surface area contributed by atoms with E-state index in [1.165, 1.54) is 6.07 Å². The molecule has 0 spiro atoms. The van der Waals surface area contributed by atoms with Crippen molar-refractivity contribution in [3.63, 3.8) is 0 Å². The van der Waals surface area contributed by atoms with Crippen molar-refractivity contribution in [1.29, 1.82) is 0 Å². The molecule has 0 atom stereocenters. The van der Waals surface area contributed by atoms with E-state index in [4.69, 9.17) is 0 Å². The fourth-order valence-corrected chi connectivity index (χ4v) is 2.30. The number of aryl methyl sites for hydroxylation is 1. The first-order valence-corrected chi connectivity index (χ1v) is 5.86. The zero-order chi connectivity index (χ0) is 10.8. The largest absolute Gasteiger partial charge is 0.258 e. The fraction of sp³-hybridized carbons (Fsp3) is 0.444. The molecular formula is C9H14N2O2S. The zero-order valence-corrected chi connectivity index (χ0v) is 9.30. The lowest BCUT2D eigenvalue weighted by atomic mass is 10.4. The molecule has 0 radical (unpaired) electrons. The van der Waals surface area contributed by atoms with Gasteiger partial charge in [-0.15, -0.1) is 0 Å². The fourth-order valence-electron chi connectivity index (χ4n) is 1.04. The van der Waals surface area contributed by atoms with Crippen LogP contribution in [0.3, 0.4) is 0 Å². The van der Waals surface area contributed by atoms with Crippen molar-refractivity contribution in [3.8, 4) is 0 Å². The van der Waals surface area contributed by atoms with Crippen LogP contribution < -0.4 is 4.72 Å². The molecule has 0 aliphatic rings. The van der Waals surface area contributed by atoms with Gasteiger partial charge in [-0.25, -0.2) is 18.1 Å². The molecule has 0 unspecified atom stereocenters. The molecule has 1 aromatic heterocycles. The molecule has 14 heavy (non-hydrogen) atoms. The summed E-state index contributed by atoms with van der Waals surface area (Å²) in [6.07, 6.45) is 0. The van der Waals surface area contributed by atoms with Crippen LogP contribution in [0.4, 0.5) is 0 Å². The maximum atomic E-state index is 11.6. The number of pyridine rings is 1. The van der Waals surface area contributed by atoms with Crippen molar-refractivity contribution in [2.75, 3.05) is 0 Å². The second-order valence-electron chi connectivity index (χ2n) is 3.39. The average molecular weight is 214 g/mol. The van der Waals surface area contributed by atoms with Crippen LogP contribution in [0.15, 0.2) is 23.2 Å². The number of hydrogen-bond donors (Lipinski definition) is 1. The van der Waals surface area contributed by atoms with E-state index in [1.807, 2.05) is 0 Å². The summed E-state index contributed by atoms with van der Waals surface area (Å²) in [5.41, 5.74) is 0.691. The van der Waals surface area contributed by atoms with Crippen molar-refractivity contribution in [1.82, 2.24) is 9.71 Å². The standard InChI is InChI=1S/C9H14N2O2S/c1-7(2)11-14(12,13)9-6-4-5-8(3)10-9/h4-7,11H,1-3H3. The SMILES string of the molecule is Cc1cccc(S(=O)(=O)NC(C)C)n1. The van der Waals surface area contributed by atoms with Crippen LogP contribution in [0.2, 0.25) is 0 Å². The van der Waals surface area contributed by atoms with Crippen molar-refractivity contribution in [3.05, 3.63) is 23.9 Å². The molecular weight excluding hydrogens is 200 g/mol. The highest BCUT2D eigenvalue weighted by atomic mass is 32.2. The van der Waals surface area contributed by atoms with Gasteiger partial charge in [-0.2, -0.15) is 0 Å². The maximum absolute atomic E-state index is 11.6. The molecule has 0 fully saturated rings. The van der Waals surface area contributed by atoms with Gasteiger partial charge in [-0.1, -0.05) is 6.07 Å². The highest BCUT2D eigenvalue weighted by Gasteiger charge is 2.16. The van der Waals surface area contributed by atoms with Crippen LogP contribution in [-0.4, -0.2) is 19.4 Å². The summed E-state index contributed by atoms with van der Waals surface area (Å²) in [6.45, 7) is 5.30. The Morgan fingerprint density at radius 3 is 2.50 bits per heavy atom. The second-order valence-corrected chi connectivity index (χ2v) is 5.05. The van der Waals surface area contributed by atoms with Gasteiger partial charge in [0.15, 0.2) is 5.03 Å². The van der Waals surface area contributed by atoms with E-state index in [0.717, 1.165) is 0 Å². The number of nitrogens with one attached hydrogen (secondary N) is 1. The Balaban J connectivity index is 3.05. The predicted molar refractivity (Wildman–Crippen MR) is 54.4 cm³/mol. The second kappa shape index (κ2) is 4.06. The van der Waals surface area contributed by atoms with E-state index >= 15 is 0 Å². The summed E-state index contributed by atoms with van der Waals surface area (Å²) in [7, 11) is -3.44. The molecule has 0 aromatic carbocycles. The minimum Gasteiger partial charge on any atom is -0.240 e. The van der Waals surface area contributed by atoms with Crippen LogP contribution in [-0.2, 0) is 10.0 Å². The summed E-state index contributed by atoms with van der Waals surface area (Å²) < 4.78 is 25.7. The van der Waals surface area contributed by atoms with Gasteiger partial charge >= 0.3 is 0 Å². The summed E-state index contributed by atoms with van der Waals surface area (Å²) in [4.78, 5) is 3.95. The lowest BCUT2D eigenvalue weighted by molar-refractivity contribution is 0.565. The van der Waals surface area contributed by atoms with Gasteiger partial charge < -0.3 is 0 Å². The first-order valence-electron chi connectivity index (χ1n) is 4.38. The lowest BCUT2D eigenvalue weighted by Gasteiger charge is -2.08. The Kier molecular flexibility index (Phi) is 3.23. The third kappa shape index (κ3) is 2.78. The molecule has 0 aliphatic carbocycles. The zero-order valence-electron chi connectivity index (χ0n) is 8.48. The lowest BCUT2D eigenvalue weighted by Crippen LogP contribution is -2.30. The minimum absolute atomic E-state index is 0.0752. The molecule has 0 saturated heterocycles. The molecule has 4 nitrogen and oxygen atoms in total. The van der Waals surface area contributed by atoms with Gasteiger partial charge in [0.1, 0.15) is 0 Å². The first-order chi connectivity index (χ1) is 6.42. The smallest absolute Gasteiger partial charge is 0.240 e. The first kappa shape index (κ1) is 11.1. The van der Waals surface area contributed by atoms with Crippen LogP contribution in [0.5, 0.6) is 0 Å². The number of nitrogens with zero attached hydrogens (tertiary/aromatic N) is 1. The van der Waals surface area contributed by atoms with Crippen LogP contribution in [0.1, 0.15) is 19.5 Å². The van der Waals surface area contributed by atoms with Gasteiger partial charge in [0, 0.05) is 11.7 Å². The Hall–Kier alpha value is -0.940. The highest BCUT2D eigenvalue weighted by Crippen LogP contribution is 2.06. The number of hydrogen-bond acceptors (Lipinski definition) is 3. The number of rotatable bonds is 3. The molecule has 0 aliphatic heterocycles. The third-order valence-electron chi connectivity index (χ3n) is 1.53. The van der Waals surface area contributed by atoms with E-state index in [0.29, 0.717) is 5.69 Å². The van der Waals surface area contributed by atoms with E-state index in [9.17, 15) is 8.42 Å². The molecule has 1 heterocycles. The van der Waals surface area contributed by atoms with E-state index in [-0.39, 0.29) is 11.1 Å². The Labute approximate surface area is 84.4 Å². The van der Waals surface area contributed by atoms with Crippen molar-refractivity contribution >= 4 is 10.0 Å². The summed E-state index contributed by atoms with van der Waals surface area (Å²) in [6, 6.07) is 4.80. The van der Waals surface area contributed by atoms with E-state index in [1.54, 1.807) is 32.9 Å². The Morgan fingerprint density at radius 2 is 2.00 bits per heavy atom. The van der Waals surface area contributed by atoms with Crippen molar-refractivity contribution in [2.45, 2.75) is 31.8 Å². The van der Waals surface area contributed by atoms with E-state index < -0.39 is 10.0 Å². The monoisotopic (exact) mass is 214 g/mol. The molecule has 5 heteroatoms. The predicted octanol–water partition coefficient (Wildman–Crippen LogP) is 1.08. The summed E-state index contributed by atoms with van der Waals surface area (Å²) in [5, 5.41) is 0.0752. The molecule has 1 rings (SSSR count). The Morgan fingerprint density at radius 1 is 1.36 bits per heavy atom. The Bertz CT molecular complexity index is 413. The van der Waals surface area contributed by atoms with E-state index in [2.05, 4.69) is 9.71 Å². The third-order valence-corrected chi connectivity index (χ3v) is 3.09. The molecule has 0 amide bonds. The van der Waals surface area contributed by atoms with Crippen LogP contribution in [0, 0.1) is 6.92 Å². The van der Waals surface area contributed by atoms with Gasteiger partial charge in [0.05, 0.1) is 0 Å². The number of sulfonamides is 1. The molecule has 1 N–H and O–H groups in total. The highest BCUT2D eigenvalue weighted by molar-refractivity contribution is 7.89. The molecule has 78 valence electrons. The van der Waals surface area contributed by atoms with Crippen LogP contribution >= 0.6 is 0 Å². The van der Waals surface area contributed by atoms with Crippen molar-refractivity contribution in [2.24, 2.45) is 0 Å². The normalized spacial score (nSPS) is 12.0. The molecule has 1 aromatic rings. The van der Waals surface area contributed by atoms with Crippen molar-refractivity contribution < 1.29 is 8.42 Å².